The normalized spacial score (nSPS) is 17.8. The number of nitrogens with zero attached hydrogens (tertiary/aromatic N) is 3. The number of carbonyl (C=O) groups excluding carboxylic acids is 1. The fourth-order valence-corrected chi connectivity index (χ4v) is 4.07. The molecule has 1 saturated carbocycles. The van der Waals surface area contributed by atoms with Crippen LogP contribution in [0.5, 0.6) is 0 Å². The van der Waals surface area contributed by atoms with Crippen LogP contribution in [-0.4, -0.2) is 43.6 Å². The molecular weight excluding hydrogens is 377 g/mol. The van der Waals surface area contributed by atoms with Gasteiger partial charge in [0.25, 0.3) is 11.5 Å². The van der Waals surface area contributed by atoms with Gasteiger partial charge in [-0.05, 0) is 49.9 Å². The van der Waals surface area contributed by atoms with Gasteiger partial charge in [0.15, 0.2) is 0 Å². The van der Waals surface area contributed by atoms with Crippen LogP contribution in [0.2, 0.25) is 0 Å². The van der Waals surface area contributed by atoms with Crippen LogP contribution in [0.25, 0.3) is 10.9 Å². The molecule has 1 amide bonds. The zero-order valence-corrected chi connectivity index (χ0v) is 15.7. The molecule has 3 heterocycles. The van der Waals surface area contributed by atoms with E-state index in [-0.39, 0.29) is 17.3 Å². The van der Waals surface area contributed by atoms with E-state index in [2.05, 4.69) is 15.2 Å². The third kappa shape index (κ3) is 3.16. The minimum atomic E-state index is -0.529. The van der Waals surface area contributed by atoms with E-state index in [1.54, 1.807) is 4.90 Å². The molecule has 1 aliphatic heterocycles. The van der Waals surface area contributed by atoms with Gasteiger partial charge in [0, 0.05) is 30.7 Å². The molecule has 9 heteroatoms. The molecule has 2 aromatic heterocycles. The van der Waals surface area contributed by atoms with E-state index >= 15 is 0 Å². The largest absolute Gasteiger partial charge is 0.337 e. The van der Waals surface area contributed by atoms with Crippen molar-refractivity contribution in [1.82, 2.24) is 24.6 Å². The maximum absolute atomic E-state index is 13.6. The number of likely N-dealkylation sites (tertiary alicyclic amines) is 1. The Morgan fingerprint density at radius 3 is 2.59 bits per heavy atom. The minimum absolute atomic E-state index is 0.145. The van der Waals surface area contributed by atoms with Crippen LogP contribution in [0.3, 0.4) is 0 Å². The Balaban J connectivity index is 1.35. The Labute approximate surface area is 164 Å². The first-order valence-electron chi connectivity index (χ1n) is 9.80. The number of aromatic amines is 2. The minimum Gasteiger partial charge on any atom is -0.337 e. The molecule has 5 rings (SSSR count). The van der Waals surface area contributed by atoms with Gasteiger partial charge in [0.05, 0.1) is 10.9 Å². The first-order valence-corrected chi connectivity index (χ1v) is 9.80. The highest BCUT2D eigenvalue weighted by atomic mass is 19.1. The van der Waals surface area contributed by atoms with Crippen LogP contribution >= 0.6 is 0 Å². The van der Waals surface area contributed by atoms with Crippen LogP contribution in [-0.2, 0) is 0 Å². The number of fused-ring (bicyclic) bond motifs is 1. The molecule has 0 spiro atoms. The van der Waals surface area contributed by atoms with E-state index < -0.39 is 17.1 Å². The van der Waals surface area contributed by atoms with Gasteiger partial charge in [0.2, 0.25) is 0 Å². The summed E-state index contributed by atoms with van der Waals surface area (Å²) in [5, 5.41) is 7.22. The molecule has 2 fully saturated rings. The number of piperidine rings is 1. The fraction of sp³-hybridized carbons (Fsp3) is 0.400. The molecule has 1 saturated heterocycles. The summed E-state index contributed by atoms with van der Waals surface area (Å²) >= 11 is 0. The maximum Gasteiger partial charge on any atom is 0.329 e. The molecule has 0 bridgehead atoms. The van der Waals surface area contributed by atoms with Crippen molar-refractivity contribution in [1.29, 1.82) is 0 Å². The summed E-state index contributed by atoms with van der Waals surface area (Å²) in [7, 11) is 0. The van der Waals surface area contributed by atoms with Crippen molar-refractivity contribution < 1.29 is 9.18 Å². The average molecular weight is 397 g/mol. The Hall–Kier alpha value is -3.23. The molecule has 1 aliphatic carbocycles. The molecule has 150 valence electrons. The number of rotatable bonds is 3. The van der Waals surface area contributed by atoms with Crippen molar-refractivity contribution in [3.05, 3.63) is 62.3 Å². The summed E-state index contributed by atoms with van der Waals surface area (Å²) < 4.78 is 14.7. The Morgan fingerprint density at radius 2 is 1.86 bits per heavy atom. The van der Waals surface area contributed by atoms with Crippen LogP contribution in [0.1, 0.15) is 53.8 Å². The smallest absolute Gasteiger partial charge is 0.329 e. The van der Waals surface area contributed by atoms with Crippen molar-refractivity contribution in [2.75, 3.05) is 13.1 Å². The standard InChI is InChI=1S/C20H20FN5O3/c21-12-3-4-15-14(9-12)18(27)26(20(29)22-15)13-5-7-25(8-6-13)19(28)17-10-16(23-24-17)11-1-2-11/h3-4,9-11,13H,1-2,5-8H2,(H,22,29)(H,23,24). The second-order valence-corrected chi connectivity index (χ2v) is 7.80. The highest BCUT2D eigenvalue weighted by Crippen LogP contribution is 2.39. The predicted octanol–water partition coefficient (Wildman–Crippen LogP) is 1.91. The third-order valence-corrected chi connectivity index (χ3v) is 5.84. The van der Waals surface area contributed by atoms with Gasteiger partial charge in [-0.1, -0.05) is 0 Å². The summed E-state index contributed by atoms with van der Waals surface area (Å²) in [5.41, 5.74) is 0.705. The summed E-state index contributed by atoms with van der Waals surface area (Å²) in [6.45, 7) is 0.838. The van der Waals surface area contributed by atoms with E-state index in [0.29, 0.717) is 43.1 Å². The number of halogens is 1. The summed E-state index contributed by atoms with van der Waals surface area (Å²) in [6.07, 6.45) is 3.19. The second-order valence-electron chi connectivity index (χ2n) is 7.80. The van der Waals surface area contributed by atoms with E-state index in [1.807, 2.05) is 6.07 Å². The van der Waals surface area contributed by atoms with E-state index in [4.69, 9.17) is 0 Å². The van der Waals surface area contributed by atoms with E-state index in [0.717, 1.165) is 29.2 Å². The molecule has 8 nitrogen and oxygen atoms in total. The lowest BCUT2D eigenvalue weighted by Gasteiger charge is -2.32. The Bertz CT molecular complexity index is 1210. The molecule has 0 atom stereocenters. The fourth-order valence-electron chi connectivity index (χ4n) is 4.07. The molecule has 2 aliphatic rings. The number of carbonyl (C=O) groups is 1. The highest BCUT2D eigenvalue weighted by Gasteiger charge is 2.30. The molecule has 29 heavy (non-hydrogen) atoms. The Morgan fingerprint density at radius 1 is 1.10 bits per heavy atom. The molecule has 0 unspecified atom stereocenters. The predicted molar refractivity (Wildman–Crippen MR) is 104 cm³/mol. The summed E-state index contributed by atoms with van der Waals surface area (Å²) in [5.74, 6) is -0.183. The second kappa shape index (κ2) is 6.68. The SMILES string of the molecule is O=C(c1cc(C2CC2)[nH]n1)N1CCC(n2c(=O)[nH]c3ccc(F)cc3c2=O)CC1. The molecule has 0 radical (unpaired) electrons. The third-order valence-electron chi connectivity index (χ3n) is 5.84. The lowest BCUT2D eigenvalue weighted by molar-refractivity contribution is 0.0686. The molecule has 3 aromatic rings. The summed E-state index contributed by atoms with van der Waals surface area (Å²) in [6, 6.07) is 5.20. The van der Waals surface area contributed by atoms with Crippen molar-refractivity contribution in [3.63, 3.8) is 0 Å². The summed E-state index contributed by atoms with van der Waals surface area (Å²) in [4.78, 5) is 42.3. The maximum atomic E-state index is 13.6. The van der Waals surface area contributed by atoms with Crippen LogP contribution in [0.15, 0.2) is 33.9 Å². The van der Waals surface area contributed by atoms with Crippen LogP contribution in [0, 0.1) is 5.82 Å². The average Bonchev–Trinajstić information content (AvgIpc) is 3.45. The van der Waals surface area contributed by atoms with Crippen molar-refractivity contribution in [2.45, 2.75) is 37.6 Å². The number of H-pyrrole nitrogens is 2. The van der Waals surface area contributed by atoms with Gasteiger partial charge in [0.1, 0.15) is 11.5 Å². The lowest BCUT2D eigenvalue weighted by Crippen LogP contribution is -2.45. The Kier molecular flexibility index (Phi) is 4.11. The number of hydrogen-bond donors (Lipinski definition) is 2. The van der Waals surface area contributed by atoms with E-state index in [1.165, 1.54) is 12.1 Å². The van der Waals surface area contributed by atoms with Gasteiger partial charge < -0.3 is 9.88 Å². The number of nitrogens with one attached hydrogen (secondary N) is 2. The highest BCUT2D eigenvalue weighted by molar-refractivity contribution is 5.92. The van der Waals surface area contributed by atoms with Crippen LogP contribution in [0.4, 0.5) is 4.39 Å². The van der Waals surface area contributed by atoms with Gasteiger partial charge in [-0.25, -0.2) is 9.18 Å². The van der Waals surface area contributed by atoms with Gasteiger partial charge in [-0.2, -0.15) is 5.10 Å². The van der Waals surface area contributed by atoms with Crippen molar-refractivity contribution in [3.8, 4) is 0 Å². The monoisotopic (exact) mass is 397 g/mol. The molecular formula is C20H20FN5O3. The van der Waals surface area contributed by atoms with Crippen molar-refractivity contribution in [2.24, 2.45) is 0 Å². The number of aromatic nitrogens is 4. The molecule has 2 N–H and O–H groups in total. The van der Waals surface area contributed by atoms with Crippen LogP contribution < -0.4 is 11.2 Å². The number of benzene rings is 1. The number of amides is 1. The quantitative estimate of drug-likeness (QED) is 0.704. The van der Waals surface area contributed by atoms with E-state index in [9.17, 15) is 18.8 Å². The van der Waals surface area contributed by atoms with Gasteiger partial charge in [-0.15, -0.1) is 0 Å². The zero-order valence-electron chi connectivity index (χ0n) is 15.7. The lowest BCUT2D eigenvalue weighted by atomic mass is 10.0. The molecule has 1 aromatic carbocycles. The zero-order chi connectivity index (χ0) is 20.1. The number of hydrogen-bond acceptors (Lipinski definition) is 4. The first kappa shape index (κ1) is 17.8. The van der Waals surface area contributed by atoms with Gasteiger partial charge in [-0.3, -0.25) is 19.3 Å². The van der Waals surface area contributed by atoms with Crippen molar-refractivity contribution >= 4 is 16.8 Å². The van der Waals surface area contributed by atoms with Gasteiger partial charge >= 0.3 is 5.69 Å². The topological polar surface area (TPSA) is 104 Å². The first-order chi connectivity index (χ1) is 14.0.